The second-order valence-corrected chi connectivity index (χ2v) is 6.23. The van der Waals surface area contributed by atoms with E-state index in [4.69, 9.17) is 9.47 Å². The fourth-order valence-electron chi connectivity index (χ4n) is 2.84. The van der Waals surface area contributed by atoms with E-state index in [-0.39, 0.29) is 24.9 Å². The Labute approximate surface area is 143 Å². The van der Waals surface area contributed by atoms with Crippen LogP contribution in [0.15, 0.2) is 30.3 Å². The number of carbonyl (C=O) groups excluding carboxylic acids is 2. The number of amides is 1. The number of rotatable bonds is 9. The van der Waals surface area contributed by atoms with Crippen molar-refractivity contribution in [1.82, 2.24) is 5.32 Å². The Kier molecular flexibility index (Phi) is 8.15. The zero-order chi connectivity index (χ0) is 17.0. The molecule has 1 N–H and O–H groups in total. The normalized spacial score (nSPS) is 14.8. The number of nitrogens with one attached hydrogen (secondary N) is 1. The Morgan fingerprint density at radius 3 is 2.58 bits per heavy atom. The van der Waals surface area contributed by atoms with Gasteiger partial charge in [0.1, 0.15) is 5.75 Å². The van der Waals surface area contributed by atoms with Crippen molar-refractivity contribution in [2.24, 2.45) is 5.92 Å². The van der Waals surface area contributed by atoms with Crippen molar-refractivity contribution in [2.75, 3.05) is 19.8 Å². The maximum absolute atomic E-state index is 11.7. The highest BCUT2D eigenvalue weighted by Crippen LogP contribution is 2.22. The number of hydrogen-bond donors (Lipinski definition) is 1. The van der Waals surface area contributed by atoms with Crippen molar-refractivity contribution in [1.29, 1.82) is 0 Å². The minimum absolute atomic E-state index is 0.189. The molecule has 0 atom stereocenters. The molecule has 0 bridgehead atoms. The fourth-order valence-corrected chi connectivity index (χ4v) is 2.84. The summed E-state index contributed by atoms with van der Waals surface area (Å²) in [5, 5.41) is 2.86. The molecule has 0 unspecified atom stereocenters. The molecule has 1 aliphatic carbocycles. The number of hydrogen-bond acceptors (Lipinski definition) is 4. The first kappa shape index (κ1) is 18.3. The summed E-state index contributed by atoms with van der Waals surface area (Å²) in [4.78, 5) is 23.3. The summed E-state index contributed by atoms with van der Waals surface area (Å²) in [6.07, 6.45) is 6.99. The van der Waals surface area contributed by atoms with Crippen LogP contribution >= 0.6 is 0 Å². The number of esters is 1. The van der Waals surface area contributed by atoms with E-state index in [1.165, 1.54) is 32.1 Å². The van der Waals surface area contributed by atoms with Crippen LogP contribution in [0.5, 0.6) is 5.75 Å². The van der Waals surface area contributed by atoms with Crippen LogP contribution in [0.4, 0.5) is 0 Å². The predicted octanol–water partition coefficient (Wildman–Crippen LogP) is 3.09. The highest BCUT2D eigenvalue weighted by molar-refractivity contribution is 5.80. The maximum Gasteiger partial charge on any atom is 0.306 e. The van der Waals surface area contributed by atoms with E-state index in [0.29, 0.717) is 25.5 Å². The zero-order valence-electron chi connectivity index (χ0n) is 14.2. The lowest BCUT2D eigenvalue weighted by molar-refractivity contribution is -0.148. The third-order valence-corrected chi connectivity index (χ3v) is 4.21. The van der Waals surface area contributed by atoms with Crippen molar-refractivity contribution in [2.45, 2.75) is 44.9 Å². The quantitative estimate of drug-likeness (QED) is 0.557. The largest absolute Gasteiger partial charge is 0.494 e. The minimum atomic E-state index is -0.362. The molecular formula is C19H27NO4. The smallest absolute Gasteiger partial charge is 0.306 e. The van der Waals surface area contributed by atoms with Gasteiger partial charge in [-0.2, -0.15) is 0 Å². The third kappa shape index (κ3) is 7.49. The van der Waals surface area contributed by atoms with Gasteiger partial charge >= 0.3 is 5.97 Å². The van der Waals surface area contributed by atoms with Gasteiger partial charge in [-0.15, -0.1) is 0 Å². The van der Waals surface area contributed by atoms with Gasteiger partial charge < -0.3 is 14.8 Å². The molecule has 0 saturated heterocycles. The van der Waals surface area contributed by atoms with E-state index in [1.807, 2.05) is 30.3 Å². The van der Waals surface area contributed by atoms with Crippen molar-refractivity contribution in [3.63, 3.8) is 0 Å². The summed E-state index contributed by atoms with van der Waals surface area (Å²) in [5.41, 5.74) is 0. The van der Waals surface area contributed by atoms with E-state index in [1.54, 1.807) is 0 Å². The van der Waals surface area contributed by atoms with E-state index in [9.17, 15) is 9.59 Å². The molecule has 24 heavy (non-hydrogen) atoms. The molecule has 0 radical (unpaired) electrons. The topological polar surface area (TPSA) is 64.6 Å². The first-order chi connectivity index (χ1) is 11.7. The highest BCUT2D eigenvalue weighted by atomic mass is 16.5. The van der Waals surface area contributed by atoms with Gasteiger partial charge in [-0.25, -0.2) is 0 Å². The van der Waals surface area contributed by atoms with Gasteiger partial charge in [0, 0.05) is 13.0 Å². The van der Waals surface area contributed by atoms with E-state index >= 15 is 0 Å². The maximum atomic E-state index is 11.7. The van der Waals surface area contributed by atoms with Gasteiger partial charge in [0.25, 0.3) is 5.91 Å². The van der Waals surface area contributed by atoms with Crippen LogP contribution in [-0.4, -0.2) is 31.6 Å². The molecule has 1 saturated carbocycles. The molecule has 2 rings (SSSR count). The van der Waals surface area contributed by atoms with Crippen LogP contribution in [0.25, 0.3) is 0 Å². The summed E-state index contributed by atoms with van der Waals surface area (Å²) in [7, 11) is 0. The average Bonchev–Trinajstić information content (AvgIpc) is 2.63. The van der Waals surface area contributed by atoms with Gasteiger partial charge in [-0.05, 0) is 37.3 Å². The van der Waals surface area contributed by atoms with Gasteiger partial charge in [0.2, 0.25) is 0 Å². The number of ether oxygens (including phenoxy) is 2. The van der Waals surface area contributed by atoms with Gasteiger partial charge in [0.15, 0.2) is 6.61 Å². The summed E-state index contributed by atoms with van der Waals surface area (Å²) < 4.78 is 10.5. The molecular weight excluding hydrogens is 306 g/mol. The summed E-state index contributed by atoms with van der Waals surface area (Å²) in [6.45, 7) is 0.958. The van der Waals surface area contributed by atoms with Crippen molar-refractivity contribution < 1.29 is 19.1 Å². The lowest BCUT2D eigenvalue weighted by Gasteiger charge is -2.21. The van der Waals surface area contributed by atoms with Gasteiger partial charge in [0.05, 0.1) is 6.61 Å². The molecule has 5 nitrogen and oxygen atoms in total. The Morgan fingerprint density at radius 2 is 1.83 bits per heavy atom. The van der Waals surface area contributed by atoms with Crippen molar-refractivity contribution in [3.05, 3.63) is 30.3 Å². The van der Waals surface area contributed by atoms with Crippen LogP contribution in [-0.2, 0) is 14.3 Å². The SMILES string of the molecule is O=C(COC(=O)CCCOc1ccccc1)NCC1CCCCC1. The van der Waals surface area contributed by atoms with E-state index in [0.717, 1.165) is 5.75 Å². The molecule has 0 spiro atoms. The van der Waals surface area contributed by atoms with Crippen LogP contribution in [0.3, 0.4) is 0 Å². The molecule has 0 aromatic heterocycles. The minimum Gasteiger partial charge on any atom is -0.494 e. The van der Waals surface area contributed by atoms with Crippen LogP contribution in [0.1, 0.15) is 44.9 Å². The standard InChI is InChI=1S/C19H27NO4/c21-18(20-14-16-8-3-1-4-9-16)15-24-19(22)12-7-13-23-17-10-5-2-6-11-17/h2,5-6,10-11,16H,1,3-4,7-9,12-15H2,(H,20,21). The first-order valence-corrected chi connectivity index (χ1v) is 8.84. The molecule has 1 aliphatic rings. The molecule has 1 amide bonds. The molecule has 1 aromatic rings. The highest BCUT2D eigenvalue weighted by Gasteiger charge is 2.14. The first-order valence-electron chi connectivity index (χ1n) is 8.84. The van der Waals surface area contributed by atoms with Crippen LogP contribution in [0.2, 0.25) is 0 Å². The number of para-hydroxylation sites is 1. The fraction of sp³-hybridized carbons (Fsp3) is 0.579. The van der Waals surface area contributed by atoms with Crippen molar-refractivity contribution in [3.8, 4) is 5.75 Å². The van der Waals surface area contributed by atoms with Gasteiger partial charge in [-0.3, -0.25) is 9.59 Å². The molecule has 0 heterocycles. The van der Waals surface area contributed by atoms with Crippen LogP contribution < -0.4 is 10.1 Å². The zero-order valence-corrected chi connectivity index (χ0v) is 14.2. The second kappa shape index (κ2) is 10.7. The summed E-state index contributed by atoms with van der Waals surface area (Å²) in [6, 6.07) is 9.46. The number of benzene rings is 1. The Bertz CT molecular complexity index is 497. The van der Waals surface area contributed by atoms with Crippen LogP contribution in [0, 0.1) is 5.92 Å². The predicted molar refractivity (Wildman–Crippen MR) is 91.7 cm³/mol. The monoisotopic (exact) mass is 333 g/mol. The molecule has 132 valence electrons. The molecule has 5 heteroatoms. The number of carbonyl (C=O) groups is 2. The summed E-state index contributed by atoms with van der Waals surface area (Å²) >= 11 is 0. The average molecular weight is 333 g/mol. The Balaban J connectivity index is 1.48. The summed E-state index contributed by atoms with van der Waals surface area (Å²) in [5.74, 6) is 0.787. The van der Waals surface area contributed by atoms with Gasteiger partial charge in [-0.1, -0.05) is 37.5 Å². The molecule has 0 aliphatic heterocycles. The molecule has 1 aromatic carbocycles. The van der Waals surface area contributed by atoms with E-state index < -0.39 is 0 Å². The van der Waals surface area contributed by atoms with Crippen molar-refractivity contribution >= 4 is 11.9 Å². The lowest BCUT2D eigenvalue weighted by Crippen LogP contribution is -2.33. The molecule has 1 fully saturated rings. The van der Waals surface area contributed by atoms with E-state index in [2.05, 4.69) is 5.32 Å². The lowest BCUT2D eigenvalue weighted by atomic mass is 9.89. The third-order valence-electron chi connectivity index (χ3n) is 4.21. The second-order valence-electron chi connectivity index (χ2n) is 6.23. The Morgan fingerprint density at radius 1 is 1.08 bits per heavy atom. The Hall–Kier alpha value is -2.04.